The average molecular weight is 290 g/mol. The summed E-state index contributed by atoms with van der Waals surface area (Å²) < 4.78 is 15.9. The van der Waals surface area contributed by atoms with Crippen LogP contribution in [0.3, 0.4) is 0 Å². The average Bonchev–Trinajstić information content (AvgIpc) is 2.77. The van der Waals surface area contributed by atoms with Crippen molar-refractivity contribution in [3.63, 3.8) is 0 Å². The van der Waals surface area contributed by atoms with E-state index in [9.17, 15) is 14.3 Å². The molecule has 1 N–H and O–H groups in total. The van der Waals surface area contributed by atoms with Crippen LogP contribution in [0.25, 0.3) is 10.9 Å². The summed E-state index contributed by atoms with van der Waals surface area (Å²) in [6.45, 7) is 0.815. The molecule has 112 valence electrons. The van der Waals surface area contributed by atoms with Crippen LogP contribution in [0.1, 0.15) is 28.9 Å². The van der Waals surface area contributed by atoms with Gasteiger partial charge < -0.3 is 14.6 Å². The number of aryl methyl sites for hydroxylation is 1. The van der Waals surface area contributed by atoms with Crippen molar-refractivity contribution in [3.05, 3.63) is 35.3 Å². The predicted molar refractivity (Wildman–Crippen MR) is 78.9 cm³/mol. The third-order valence-corrected chi connectivity index (χ3v) is 4.18. The fourth-order valence-electron chi connectivity index (χ4n) is 3.19. The molecule has 0 radical (unpaired) electrons. The lowest BCUT2D eigenvalue weighted by Crippen LogP contribution is -2.32. The van der Waals surface area contributed by atoms with Gasteiger partial charge in [0.15, 0.2) is 0 Å². The maximum absolute atomic E-state index is 14.3. The molecule has 0 atom stereocenters. The monoisotopic (exact) mass is 290 g/mol. The zero-order valence-corrected chi connectivity index (χ0v) is 12.1. The number of para-hydroxylation sites is 1. The molecule has 0 unspecified atom stereocenters. The molecule has 1 aliphatic heterocycles. The molecule has 5 heteroatoms. The fourth-order valence-corrected chi connectivity index (χ4v) is 3.19. The van der Waals surface area contributed by atoms with Crippen molar-refractivity contribution in [1.82, 2.24) is 9.47 Å². The fraction of sp³-hybridized carbons (Fsp3) is 0.438. The predicted octanol–water partition coefficient (Wildman–Crippen LogP) is 2.18. The molecule has 0 saturated heterocycles. The molecule has 21 heavy (non-hydrogen) atoms. The normalized spacial score (nSPS) is 16.0. The van der Waals surface area contributed by atoms with Gasteiger partial charge in [0, 0.05) is 25.5 Å². The first-order valence-corrected chi connectivity index (χ1v) is 7.31. The molecule has 0 saturated carbocycles. The van der Waals surface area contributed by atoms with Crippen LogP contribution in [-0.4, -0.2) is 40.7 Å². The summed E-state index contributed by atoms with van der Waals surface area (Å²) in [4.78, 5) is 14.4. The molecule has 0 aliphatic carbocycles. The van der Waals surface area contributed by atoms with E-state index >= 15 is 0 Å². The van der Waals surface area contributed by atoms with E-state index in [1.165, 1.54) is 6.07 Å². The Balaban J connectivity index is 2.34. The van der Waals surface area contributed by atoms with Gasteiger partial charge in [0.05, 0.1) is 12.1 Å². The molecule has 4 nitrogen and oxygen atoms in total. The Labute approximate surface area is 122 Å². The van der Waals surface area contributed by atoms with Crippen molar-refractivity contribution in [2.45, 2.75) is 25.8 Å². The van der Waals surface area contributed by atoms with Gasteiger partial charge in [-0.05, 0) is 30.9 Å². The Morgan fingerprint density at radius 1 is 1.33 bits per heavy atom. The Kier molecular flexibility index (Phi) is 3.68. The molecule has 2 aromatic rings. The Morgan fingerprint density at radius 3 is 2.90 bits per heavy atom. The highest BCUT2D eigenvalue weighted by Crippen LogP contribution is 2.31. The van der Waals surface area contributed by atoms with E-state index in [2.05, 4.69) is 0 Å². The lowest BCUT2D eigenvalue weighted by atomic mass is 10.0. The van der Waals surface area contributed by atoms with Crippen LogP contribution in [0.15, 0.2) is 18.2 Å². The van der Waals surface area contributed by atoms with Gasteiger partial charge in [0.25, 0.3) is 5.91 Å². The highest BCUT2D eigenvalue weighted by molar-refractivity contribution is 6.02. The molecular formula is C16H19FN2O2. The number of aromatic nitrogens is 1. The van der Waals surface area contributed by atoms with Crippen LogP contribution in [0.5, 0.6) is 0 Å². The van der Waals surface area contributed by atoms with E-state index in [4.69, 9.17) is 0 Å². The van der Waals surface area contributed by atoms with Crippen LogP contribution in [0.2, 0.25) is 0 Å². The molecule has 0 spiro atoms. The number of fused-ring (bicyclic) bond motifs is 3. The molecule has 3 rings (SSSR count). The number of hydrogen-bond acceptors (Lipinski definition) is 2. The second-order valence-corrected chi connectivity index (χ2v) is 5.52. The number of benzene rings is 1. The first kappa shape index (κ1) is 14.1. The van der Waals surface area contributed by atoms with E-state index in [0.717, 1.165) is 30.2 Å². The van der Waals surface area contributed by atoms with Crippen molar-refractivity contribution in [2.24, 2.45) is 0 Å². The van der Waals surface area contributed by atoms with Gasteiger partial charge in [0.1, 0.15) is 11.5 Å². The summed E-state index contributed by atoms with van der Waals surface area (Å²) >= 11 is 0. The number of aliphatic hydroxyl groups excluding tert-OH is 1. The highest BCUT2D eigenvalue weighted by Gasteiger charge is 2.27. The summed E-state index contributed by atoms with van der Waals surface area (Å²) in [6.07, 6.45) is 2.69. The molecule has 0 fully saturated rings. The van der Waals surface area contributed by atoms with Gasteiger partial charge in [-0.25, -0.2) is 4.39 Å². The Hall–Kier alpha value is -1.88. The van der Waals surface area contributed by atoms with E-state index in [-0.39, 0.29) is 24.9 Å². The minimum absolute atomic E-state index is 0.0891. The summed E-state index contributed by atoms with van der Waals surface area (Å²) in [7, 11) is 1.77. The maximum Gasteiger partial charge on any atom is 0.270 e. The van der Waals surface area contributed by atoms with Crippen molar-refractivity contribution in [2.75, 3.05) is 20.2 Å². The topological polar surface area (TPSA) is 45.5 Å². The van der Waals surface area contributed by atoms with Crippen molar-refractivity contribution in [3.8, 4) is 0 Å². The lowest BCUT2D eigenvalue weighted by Gasteiger charge is -2.22. The molecule has 1 aromatic heterocycles. The Morgan fingerprint density at radius 2 is 2.14 bits per heavy atom. The second-order valence-electron chi connectivity index (χ2n) is 5.52. The number of halogens is 1. The van der Waals surface area contributed by atoms with Gasteiger partial charge in [-0.3, -0.25) is 4.79 Å². The third-order valence-electron chi connectivity index (χ3n) is 4.18. The van der Waals surface area contributed by atoms with Crippen molar-refractivity contribution >= 4 is 16.8 Å². The Bertz CT molecular complexity index is 693. The first-order chi connectivity index (χ1) is 10.1. The SMILES string of the molecule is CN1CCCCc2c(n(CCO)c3c(F)cccc23)C1=O. The highest BCUT2D eigenvalue weighted by atomic mass is 19.1. The maximum atomic E-state index is 14.3. The quantitative estimate of drug-likeness (QED) is 0.921. The van der Waals surface area contributed by atoms with Crippen LogP contribution in [0, 0.1) is 5.82 Å². The molecule has 1 aromatic carbocycles. The molecule has 0 bridgehead atoms. The van der Waals surface area contributed by atoms with E-state index in [1.807, 2.05) is 6.07 Å². The second kappa shape index (κ2) is 5.48. The largest absolute Gasteiger partial charge is 0.395 e. The minimum atomic E-state index is -0.344. The minimum Gasteiger partial charge on any atom is -0.395 e. The summed E-state index contributed by atoms with van der Waals surface area (Å²) in [5.41, 5.74) is 1.88. The molecule has 1 amide bonds. The number of rotatable bonds is 2. The summed E-state index contributed by atoms with van der Waals surface area (Å²) in [5, 5.41) is 10.1. The number of amides is 1. The van der Waals surface area contributed by atoms with Crippen LogP contribution < -0.4 is 0 Å². The van der Waals surface area contributed by atoms with E-state index in [0.29, 0.717) is 17.8 Å². The number of carbonyl (C=O) groups is 1. The van der Waals surface area contributed by atoms with Crippen LogP contribution in [0.4, 0.5) is 4.39 Å². The summed E-state index contributed by atoms with van der Waals surface area (Å²) in [5.74, 6) is -0.433. The van der Waals surface area contributed by atoms with E-state index < -0.39 is 0 Å². The number of aliphatic hydroxyl groups is 1. The standard InChI is InChI=1S/C16H19FN2O2/c1-18-8-3-2-5-12-11-6-4-7-13(17)14(11)19(9-10-20)15(12)16(18)21/h4,6-7,20H,2-3,5,8-10H2,1H3. The molecule has 2 heterocycles. The van der Waals surface area contributed by atoms with Gasteiger partial charge >= 0.3 is 0 Å². The van der Waals surface area contributed by atoms with Gasteiger partial charge in [0.2, 0.25) is 0 Å². The third kappa shape index (κ3) is 2.21. The number of carbonyl (C=O) groups excluding carboxylic acids is 1. The molecular weight excluding hydrogens is 271 g/mol. The smallest absolute Gasteiger partial charge is 0.270 e. The zero-order valence-electron chi connectivity index (χ0n) is 12.1. The number of hydrogen-bond donors (Lipinski definition) is 1. The first-order valence-electron chi connectivity index (χ1n) is 7.31. The van der Waals surface area contributed by atoms with Gasteiger partial charge in [-0.15, -0.1) is 0 Å². The summed E-state index contributed by atoms with van der Waals surface area (Å²) in [6, 6.07) is 4.94. The van der Waals surface area contributed by atoms with Crippen LogP contribution >= 0.6 is 0 Å². The van der Waals surface area contributed by atoms with Crippen LogP contribution in [-0.2, 0) is 13.0 Å². The van der Waals surface area contributed by atoms with Gasteiger partial charge in [-0.1, -0.05) is 12.1 Å². The number of nitrogens with zero attached hydrogens (tertiary/aromatic N) is 2. The van der Waals surface area contributed by atoms with Crippen molar-refractivity contribution < 1.29 is 14.3 Å². The van der Waals surface area contributed by atoms with Gasteiger partial charge in [-0.2, -0.15) is 0 Å². The molecule has 1 aliphatic rings. The lowest BCUT2D eigenvalue weighted by molar-refractivity contribution is 0.0776. The van der Waals surface area contributed by atoms with E-state index in [1.54, 1.807) is 22.6 Å². The van der Waals surface area contributed by atoms with Crippen molar-refractivity contribution in [1.29, 1.82) is 0 Å². The zero-order chi connectivity index (χ0) is 15.0.